The first-order chi connectivity index (χ1) is 11.8. The lowest BCUT2D eigenvalue weighted by atomic mass is 10.1. The number of carbonyl (C=O) groups excluding carboxylic acids is 3. The lowest BCUT2D eigenvalue weighted by Crippen LogP contribution is -2.16. The lowest BCUT2D eigenvalue weighted by Gasteiger charge is -2.04. The Morgan fingerprint density at radius 3 is 2.24 bits per heavy atom. The van der Waals surface area contributed by atoms with E-state index >= 15 is 0 Å². The van der Waals surface area contributed by atoms with Gasteiger partial charge in [0.1, 0.15) is 11.3 Å². The highest BCUT2D eigenvalue weighted by atomic mass is 16.5. The van der Waals surface area contributed by atoms with Crippen LogP contribution in [-0.4, -0.2) is 41.1 Å². The third kappa shape index (κ3) is 3.62. The van der Waals surface area contributed by atoms with Crippen LogP contribution in [0.5, 0.6) is 0 Å². The molecule has 8 heteroatoms. The molecule has 0 radical (unpaired) electrons. The number of ketones is 1. The number of hydrogen-bond donors (Lipinski definition) is 1. The molecular formula is C17H20N2O6. The van der Waals surface area contributed by atoms with Gasteiger partial charge in [0.2, 0.25) is 5.78 Å². The molecule has 25 heavy (non-hydrogen) atoms. The molecule has 8 nitrogen and oxygen atoms in total. The molecule has 0 bridgehead atoms. The number of ether oxygens (including phenoxy) is 2. The monoisotopic (exact) mass is 348 g/mol. The molecule has 0 saturated carbocycles. The van der Waals surface area contributed by atoms with Gasteiger partial charge in [-0.2, -0.15) is 0 Å². The van der Waals surface area contributed by atoms with E-state index in [0.29, 0.717) is 28.3 Å². The van der Waals surface area contributed by atoms with Crippen LogP contribution in [0.2, 0.25) is 0 Å². The maximum absolute atomic E-state index is 12.4. The van der Waals surface area contributed by atoms with Crippen molar-refractivity contribution in [2.24, 2.45) is 0 Å². The summed E-state index contributed by atoms with van der Waals surface area (Å²) in [5.41, 5.74) is 2.13. The number of esters is 2. The van der Waals surface area contributed by atoms with Crippen LogP contribution in [0.1, 0.15) is 60.8 Å². The minimum Gasteiger partial charge on any atom is -0.462 e. The normalized spacial score (nSPS) is 10.6. The zero-order chi connectivity index (χ0) is 18.7. The second-order valence-corrected chi connectivity index (χ2v) is 5.54. The molecular weight excluding hydrogens is 328 g/mol. The molecule has 2 aromatic heterocycles. The molecule has 0 spiro atoms. The first-order valence-corrected chi connectivity index (χ1v) is 7.77. The maximum atomic E-state index is 12.4. The van der Waals surface area contributed by atoms with Crippen molar-refractivity contribution in [2.75, 3.05) is 13.2 Å². The van der Waals surface area contributed by atoms with Gasteiger partial charge >= 0.3 is 11.9 Å². The van der Waals surface area contributed by atoms with Crippen molar-refractivity contribution in [3.8, 4) is 0 Å². The Kier molecular flexibility index (Phi) is 5.41. The fourth-order valence-corrected chi connectivity index (χ4v) is 2.59. The number of H-pyrrole nitrogens is 1. The summed E-state index contributed by atoms with van der Waals surface area (Å²) in [6.07, 6.45) is 0. The van der Waals surface area contributed by atoms with Gasteiger partial charge in [-0.1, -0.05) is 5.16 Å². The standard InChI is InChI=1S/C17H20N2O6/c1-6-23-16(21)13-8(2)15(18-9(13)3)12(20)7-24-17(22)14-10(4)19-25-11(14)5/h18H,6-7H2,1-5H3. The van der Waals surface area contributed by atoms with E-state index in [9.17, 15) is 14.4 Å². The van der Waals surface area contributed by atoms with Gasteiger partial charge in [0.05, 0.1) is 23.6 Å². The van der Waals surface area contributed by atoms with E-state index in [1.54, 1.807) is 34.6 Å². The third-order valence-electron chi connectivity index (χ3n) is 3.77. The SMILES string of the molecule is CCOC(=O)c1c(C)[nH]c(C(=O)COC(=O)c2c(C)noc2C)c1C. The lowest BCUT2D eigenvalue weighted by molar-refractivity contribution is 0.0469. The number of hydrogen-bond acceptors (Lipinski definition) is 7. The Morgan fingerprint density at radius 1 is 1.04 bits per heavy atom. The summed E-state index contributed by atoms with van der Waals surface area (Å²) >= 11 is 0. The second-order valence-electron chi connectivity index (χ2n) is 5.54. The highest BCUT2D eigenvalue weighted by Crippen LogP contribution is 2.20. The first-order valence-electron chi connectivity index (χ1n) is 7.77. The number of aryl methyl sites for hydroxylation is 3. The van der Waals surface area contributed by atoms with Crippen LogP contribution < -0.4 is 0 Å². The Labute approximate surface area is 144 Å². The highest BCUT2D eigenvalue weighted by molar-refractivity contribution is 6.03. The molecule has 0 aliphatic carbocycles. The molecule has 2 heterocycles. The summed E-state index contributed by atoms with van der Waals surface area (Å²) in [6, 6.07) is 0. The molecule has 2 rings (SSSR count). The molecule has 0 saturated heterocycles. The fraction of sp³-hybridized carbons (Fsp3) is 0.412. The molecule has 2 aromatic rings. The molecule has 0 aromatic carbocycles. The van der Waals surface area contributed by atoms with Crippen molar-refractivity contribution in [3.05, 3.63) is 39.5 Å². The van der Waals surface area contributed by atoms with E-state index in [1.807, 2.05) is 0 Å². The molecule has 134 valence electrons. The summed E-state index contributed by atoms with van der Waals surface area (Å²) in [5.74, 6) is -1.31. The zero-order valence-electron chi connectivity index (χ0n) is 14.8. The Hall–Kier alpha value is -2.90. The molecule has 0 unspecified atom stereocenters. The molecule has 0 aliphatic rings. The average Bonchev–Trinajstić information content (AvgIpc) is 3.04. The number of rotatable bonds is 6. The summed E-state index contributed by atoms with van der Waals surface area (Å²) in [5, 5.41) is 3.67. The van der Waals surface area contributed by atoms with Gasteiger partial charge in [-0.15, -0.1) is 0 Å². The van der Waals surface area contributed by atoms with Crippen molar-refractivity contribution < 1.29 is 28.4 Å². The number of carbonyl (C=O) groups is 3. The largest absolute Gasteiger partial charge is 0.462 e. The minimum atomic E-state index is -0.684. The van der Waals surface area contributed by atoms with Gasteiger partial charge < -0.3 is 19.0 Å². The van der Waals surface area contributed by atoms with Gasteiger partial charge in [0.25, 0.3) is 0 Å². The predicted molar refractivity (Wildman–Crippen MR) is 86.8 cm³/mol. The number of aromatic nitrogens is 2. The molecule has 0 fully saturated rings. The van der Waals surface area contributed by atoms with Gasteiger partial charge in [-0.05, 0) is 40.2 Å². The summed E-state index contributed by atoms with van der Waals surface area (Å²) in [7, 11) is 0. The van der Waals surface area contributed by atoms with Crippen molar-refractivity contribution in [1.82, 2.24) is 10.1 Å². The van der Waals surface area contributed by atoms with Crippen LogP contribution in [0.25, 0.3) is 0 Å². The predicted octanol–water partition coefficient (Wildman–Crippen LogP) is 2.45. The van der Waals surface area contributed by atoms with Gasteiger partial charge in [-0.25, -0.2) is 9.59 Å². The number of nitrogens with one attached hydrogen (secondary N) is 1. The van der Waals surface area contributed by atoms with E-state index in [1.165, 1.54) is 0 Å². The van der Waals surface area contributed by atoms with E-state index in [2.05, 4.69) is 10.1 Å². The first kappa shape index (κ1) is 18.4. The third-order valence-corrected chi connectivity index (χ3v) is 3.77. The van der Waals surface area contributed by atoms with Gasteiger partial charge in [0, 0.05) is 5.69 Å². The summed E-state index contributed by atoms with van der Waals surface area (Å²) in [4.78, 5) is 39.3. The fourth-order valence-electron chi connectivity index (χ4n) is 2.59. The van der Waals surface area contributed by atoms with E-state index in [-0.39, 0.29) is 17.9 Å². The molecule has 1 N–H and O–H groups in total. The number of aromatic amines is 1. The Balaban J connectivity index is 2.13. The van der Waals surface area contributed by atoms with Crippen molar-refractivity contribution in [3.63, 3.8) is 0 Å². The van der Waals surface area contributed by atoms with Gasteiger partial charge in [-0.3, -0.25) is 4.79 Å². The van der Waals surface area contributed by atoms with E-state index < -0.39 is 24.3 Å². The summed E-state index contributed by atoms with van der Waals surface area (Å²) < 4.78 is 14.9. The smallest absolute Gasteiger partial charge is 0.344 e. The zero-order valence-corrected chi connectivity index (χ0v) is 14.8. The second kappa shape index (κ2) is 7.33. The minimum absolute atomic E-state index is 0.208. The molecule has 0 amide bonds. The van der Waals surface area contributed by atoms with E-state index in [0.717, 1.165) is 0 Å². The van der Waals surface area contributed by atoms with Crippen LogP contribution in [0.3, 0.4) is 0 Å². The van der Waals surface area contributed by atoms with Crippen LogP contribution in [0.15, 0.2) is 4.52 Å². The topological polar surface area (TPSA) is 111 Å². The van der Waals surface area contributed by atoms with Gasteiger partial charge in [0.15, 0.2) is 6.61 Å². The maximum Gasteiger partial charge on any atom is 0.344 e. The molecule has 0 aliphatic heterocycles. The van der Waals surface area contributed by atoms with Crippen molar-refractivity contribution in [2.45, 2.75) is 34.6 Å². The van der Waals surface area contributed by atoms with Crippen molar-refractivity contribution in [1.29, 1.82) is 0 Å². The van der Waals surface area contributed by atoms with Crippen LogP contribution in [0, 0.1) is 27.7 Å². The average molecular weight is 348 g/mol. The van der Waals surface area contributed by atoms with Crippen LogP contribution >= 0.6 is 0 Å². The number of nitrogens with zero attached hydrogens (tertiary/aromatic N) is 1. The molecule has 0 atom stereocenters. The highest BCUT2D eigenvalue weighted by Gasteiger charge is 2.25. The van der Waals surface area contributed by atoms with Crippen LogP contribution in [-0.2, 0) is 9.47 Å². The Morgan fingerprint density at radius 2 is 1.68 bits per heavy atom. The number of Topliss-reactive ketones (excluding diaryl/α,β-unsaturated/α-hetero) is 1. The van der Waals surface area contributed by atoms with Crippen LogP contribution in [0.4, 0.5) is 0 Å². The van der Waals surface area contributed by atoms with Crippen molar-refractivity contribution >= 4 is 17.7 Å². The van der Waals surface area contributed by atoms with E-state index in [4.69, 9.17) is 14.0 Å². The summed E-state index contributed by atoms with van der Waals surface area (Å²) in [6.45, 7) is 7.98. The Bertz CT molecular complexity index is 811. The quantitative estimate of drug-likeness (QED) is 0.630.